The molecule has 3 aromatic carbocycles. The van der Waals surface area contributed by atoms with Crippen molar-refractivity contribution < 1.29 is 23.0 Å². The van der Waals surface area contributed by atoms with Gasteiger partial charge < -0.3 is 19.6 Å². The van der Waals surface area contributed by atoms with Crippen LogP contribution < -0.4 is 9.47 Å². The van der Waals surface area contributed by atoms with Gasteiger partial charge >= 0.3 is 0 Å². The van der Waals surface area contributed by atoms with Crippen molar-refractivity contribution in [1.29, 1.82) is 0 Å². The number of benzene rings is 3. The van der Waals surface area contributed by atoms with Crippen molar-refractivity contribution >= 4 is 31.8 Å². The molecule has 1 aliphatic rings. The van der Waals surface area contributed by atoms with Crippen LogP contribution in [0.2, 0.25) is 0 Å². The fourth-order valence-electron chi connectivity index (χ4n) is 4.57. The Bertz CT molecular complexity index is 1410. The Morgan fingerprint density at radius 1 is 0.943 bits per heavy atom. The third kappa shape index (κ3) is 4.85. The molecule has 1 aliphatic heterocycles. The smallest absolute Gasteiger partial charge is 0.243 e. The molecule has 0 saturated carbocycles. The number of hydrogen-bond donors (Lipinski definition) is 2. The van der Waals surface area contributed by atoms with Crippen molar-refractivity contribution in [3.05, 3.63) is 66.7 Å². The van der Waals surface area contributed by atoms with E-state index in [1.165, 1.54) is 4.31 Å². The van der Waals surface area contributed by atoms with Gasteiger partial charge in [0.1, 0.15) is 24.2 Å². The number of piperazine rings is 1. The average Bonchev–Trinajstić information content (AvgIpc) is 3.27. The molecule has 1 atom stereocenters. The minimum Gasteiger partial charge on any atom is -0.497 e. The number of aliphatic hydroxyl groups is 1. The van der Waals surface area contributed by atoms with E-state index in [9.17, 15) is 13.5 Å². The molecule has 8 nitrogen and oxygen atoms in total. The van der Waals surface area contributed by atoms with Gasteiger partial charge in [0.05, 0.1) is 17.5 Å². The van der Waals surface area contributed by atoms with Crippen LogP contribution >= 0.6 is 0 Å². The normalized spacial score (nSPS) is 16.5. The molecule has 2 N–H and O–H groups in total. The highest BCUT2D eigenvalue weighted by atomic mass is 32.2. The van der Waals surface area contributed by atoms with Gasteiger partial charge in [-0.2, -0.15) is 4.31 Å². The summed E-state index contributed by atoms with van der Waals surface area (Å²) in [6.07, 6.45) is -0.694. The highest BCUT2D eigenvalue weighted by Crippen LogP contribution is 2.33. The Hall–Kier alpha value is -3.11. The number of methoxy groups -OCH3 is 1. The van der Waals surface area contributed by atoms with Crippen LogP contribution in [0.25, 0.3) is 21.8 Å². The molecule has 35 heavy (non-hydrogen) atoms. The van der Waals surface area contributed by atoms with Crippen molar-refractivity contribution in [2.75, 3.05) is 46.4 Å². The van der Waals surface area contributed by atoms with Crippen molar-refractivity contribution in [1.82, 2.24) is 14.2 Å². The van der Waals surface area contributed by atoms with Crippen LogP contribution in [0.3, 0.4) is 0 Å². The number of fused-ring (bicyclic) bond motifs is 3. The molecule has 4 aromatic rings. The van der Waals surface area contributed by atoms with Gasteiger partial charge in [0.25, 0.3) is 0 Å². The van der Waals surface area contributed by atoms with E-state index in [1.807, 2.05) is 36.4 Å². The maximum atomic E-state index is 12.9. The number of hydrogen-bond acceptors (Lipinski definition) is 6. The van der Waals surface area contributed by atoms with E-state index in [1.54, 1.807) is 31.4 Å². The summed E-state index contributed by atoms with van der Waals surface area (Å²) in [5.74, 6) is 1.35. The van der Waals surface area contributed by atoms with Crippen molar-refractivity contribution in [2.24, 2.45) is 0 Å². The molecule has 0 radical (unpaired) electrons. The van der Waals surface area contributed by atoms with Gasteiger partial charge in [-0.1, -0.05) is 24.3 Å². The number of aromatic amines is 1. The Labute approximate surface area is 204 Å². The average molecular weight is 496 g/mol. The molecule has 0 amide bonds. The summed E-state index contributed by atoms with van der Waals surface area (Å²) in [5.41, 5.74) is 2.04. The largest absolute Gasteiger partial charge is 0.497 e. The summed E-state index contributed by atoms with van der Waals surface area (Å²) in [6, 6.07) is 20.4. The van der Waals surface area contributed by atoms with E-state index >= 15 is 0 Å². The van der Waals surface area contributed by atoms with Crippen LogP contribution in [0.4, 0.5) is 0 Å². The zero-order valence-electron chi connectivity index (χ0n) is 19.6. The first-order valence-electron chi connectivity index (χ1n) is 11.6. The highest BCUT2D eigenvalue weighted by Gasteiger charge is 2.29. The molecular weight excluding hydrogens is 466 g/mol. The number of nitrogens with zero attached hydrogens (tertiary/aromatic N) is 2. The highest BCUT2D eigenvalue weighted by molar-refractivity contribution is 7.89. The molecule has 0 spiro atoms. The number of para-hydroxylation sites is 1. The lowest BCUT2D eigenvalue weighted by molar-refractivity contribution is 0.0573. The molecule has 0 bridgehead atoms. The molecule has 1 saturated heterocycles. The maximum absolute atomic E-state index is 12.9. The van der Waals surface area contributed by atoms with Crippen LogP contribution in [-0.2, 0) is 10.0 Å². The third-order valence-electron chi connectivity index (χ3n) is 6.42. The lowest BCUT2D eigenvalue weighted by Crippen LogP contribution is -2.50. The van der Waals surface area contributed by atoms with E-state index in [2.05, 4.69) is 16.0 Å². The number of ether oxygens (including phenoxy) is 2. The number of rotatable bonds is 8. The number of nitrogens with one attached hydrogen (secondary N) is 1. The second kappa shape index (κ2) is 9.87. The lowest BCUT2D eigenvalue weighted by Gasteiger charge is -2.34. The minimum atomic E-state index is -3.56. The monoisotopic (exact) mass is 495 g/mol. The van der Waals surface area contributed by atoms with Crippen molar-refractivity contribution in [2.45, 2.75) is 11.0 Å². The standard InChI is InChI=1S/C26H29N3O5S/c1-33-20-9-11-21(12-10-20)35(31,32)29-15-13-28(14-16-29)17-19(30)18-34-25-8-4-7-24-26(25)22-5-2-3-6-23(22)27-24/h2-12,19,27,30H,13-18H2,1H3/t19-/m0/s1. The summed E-state index contributed by atoms with van der Waals surface area (Å²) in [6.45, 7) is 2.41. The zero-order chi connectivity index (χ0) is 24.4. The fraction of sp³-hybridized carbons (Fsp3) is 0.308. The summed E-state index contributed by atoms with van der Waals surface area (Å²) in [5, 5.41) is 12.7. The molecule has 9 heteroatoms. The Kier molecular flexibility index (Phi) is 6.66. The van der Waals surface area contributed by atoms with Crippen molar-refractivity contribution in [3.63, 3.8) is 0 Å². The first kappa shape index (κ1) is 23.6. The molecule has 2 heterocycles. The summed E-state index contributed by atoms with van der Waals surface area (Å²) in [7, 11) is -2.01. The van der Waals surface area contributed by atoms with Gasteiger partial charge in [-0.05, 0) is 42.5 Å². The van der Waals surface area contributed by atoms with Crippen molar-refractivity contribution in [3.8, 4) is 11.5 Å². The van der Waals surface area contributed by atoms with Gasteiger partial charge in [-0.3, -0.25) is 4.90 Å². The predicted octanol–water partition coefficient (Wildman–Crippen LogP) is 3.08. The molecule has 0 unspecified atom stereocenters. The second-order valence-corrected chi connectivity index (χ2v) is 10.6. The van der Waals surface area contributed by atoms with Gasteiger partial charge in [-0.15, -0.1) is 0 Å². The van der Waals surface area contributed by atoms with Crippen LogP contribution in [0.1, 0.15) is 0 Å². The topological polar surface area (TPSA) is 95.1 Å². The summed E-state index contributed by atoms with van der Waals surface area (Å²) >= 11 is 0. The van der Waals surface area contributed by atoms with E-state index in [0.717, 1.165) is 27.6 Å². The fourth-order valence-corrected chi connectivity index (χ4v) is 6.00. The number of sulfonamides is 1. The maximum Gasteiger partial charge on any atom is 0.243 e. The third-order valence-corrected chi connectivity index (χ3v) is 8.33. The molecule has 1 fully saturated rings. The number of aliphatic hydroxyl groups excluding tert-OH is 1. The van der Waals surface area contributed by atoms with Crippen LogP contribution in [-0.4, -0.2) is 80.3 Å². The quantitative estimate of drug-likeness (QED) is 0.390. The SMILES string of the molecule is COc1ccc(S(=O)(=O)N2CCN(C[C@H](O)COc3cccc4[nH]c5ccccc5c34)CC2)cc1. The van der Waals surface area contributed by atoms with E-state index in [-0.39, 0.29) is 11.5 Å². The Morgan fingerprint density at radius 3 is 2.40 bits per heavy atom. The first-order chi connectivity index (χ1) is 17.0. The first-order valence-corrected chi connectivity index (χ1v) is 13.1. The molecular formula is C26H29N3O5S. The van der Waals surface area contributed by atoms with Gasteiger partial charge in [0.15, 0.2) is 0 Å². The van der Waals surface area contributed by atoms with E-state index < -0.39 is 16.1 Å². The summed E-state index contributed by atoms with van der Waals surface area (Å²) in [4.78, 5) is 5.72. The van der Waals surface area contributed by atoms with Crippen LogP contribution in [0.15, 0.2) is 71.6 Å². The number of β-amino-alcohol motifs (C(OH)–C–C–N with tert-alkyl or cyclic N) is 1. The van der Waals surface area contributed by atoms with Gasteiger partial charge in [-0.25, -0.2) is 8.42 Å². The summed E-state index contributed by atoms with van der Waals surface area (Å²) < 4.78 is 38.5. The molecule has 5 rings (SSSR count). The van der Waals surface area contributed by atoms with E-state index in [4.69, 9.17) is 9.47 Å². The van der Waals surface area contributed by atoms with Gasteiger partial charge in [0.2, 0.25) is 10.0 Å². The number of aromatic nitrogens is 1. The second-order valence-electron chi connectivity index (χ2n) is 8.69. The lowest BCUT2D eigenvalue weighted by atomic mass is 10.1. The van der Waals surface area contributed by atoms with Crippen LogP contribution in [0.5, 0.6) is 11.5 Å². The Morgan fingerprint density at radius 2 is 1.66 bits per heavy atom. The zero-order valence-corrected chi connectivity index (χ0v) is 20.4. The molecule has 1 aromatic heterocycles. The Balaban J connectivity index is 1.17. The van der Waals surface area contributed by atoms with Gasteiger partial charge in [0, 0.05) is 49.0 Å². The number of H-pyrrole nitrogens is 1. The predicted molar refractivity (Wildman–Crippen MR) is 135 cm³/mol. The van der Waals surface area contributed by atoms with Crippen LogP contribution in [0, 0.1) is 0 Å². The molecule has 0 aliphatic carbocycles. The van der Waals surface area contributed by atoms with E-state index in [0.29, 0.717) is 38.5 Å². The molecule has 184 valence electrons. The minimum absolute atomic E-state index is 0.156.